The molecule has 0 bridgehead atoms. The Bertz CT molecular complexity index is 707. The second kappa shape index (κ2) is 6.44. The highest BCUT2D eigenvalue weighted by atomic mass is 32.1. The molecule has 0 unspecified atom stereocenters. The highest BCUT2D eigenvalue weighted by Gasteiger charge is 2.34. The molecule has 3 nitrogen and oxygen atoms in total. The number of esters is 1. The van der Waals surface area contributed by atoms with Gasteiger partial charge in [0.2, 0.25) is 0 Å². The van der Waals surface area contributed by atoms with Crippen LogP contribution in [-0.2, 0) is 15.5 Å². The number of benzene rings is 1. The van der Waals surface area contributed by atoms with E-state index in [2.05, 4.69) is 11.3 Å². The van der Waals surface area contributed by atoms with Crippen LogP contribution >= 0.6 is 11.3 Å². The van der Waals surface area contributed by atoms with Crippen molar-refractivity contribution < 1.29 is 23.0 Å². The molecule has 0 aliphatic rings. The van der Waals surface area contributed by atoms with Gasteiger partial charge in [0.05, 0.1) is 25.5 Å². The fourth-order valence-corrected chi connectivity index (χ4v) is 3.16. The summed E-state index contributed by atoms with van der Waals surface area (Å²) in [7, 11) is 2.71. The van der Waals surface area contributed by atoms with E-state index in [0.717, 1.165) is 16.9 Å². The Morgan fingerprint density at radius 2 is 2.09 bits per heavy atom. The predicted octanol–water partition coefficient (Wildman–Crippen LogP) is 4.60. The van der Waals surface area contributed by atoms with Crippen molar-refractivity contribution >= 4 is 33.5 Å². The number of methoxy groups -OCH3 is 2. The first-order chi connectivity index (χ1) is 10.4. The smallest absolute Gasteiger partial charge is 0.305 e. The Hall–Kier alpha value is -1.95. The van der Waals surface area contributed by atoms with Gasteiger partial charge in [-0.05, 0) is 23.6 Å². The van der Waals surface area contributed by atoms with Crippen molar-refractivity contribution in [2.24, 2.45) is 0 Å². The van der Waals surface area contributed by atoms with Crippen LogP contribution in [0.15, 0.2) is 24.8 Å². The molecule has 0 aliphatic heterocycles. The van der Waals surface area contributed by atoms with E-state index in [1.54, 1.807) is 18.2 Å². The maximum Gasteiger partial charge on any atom is 0.305 e. The molecule has 0 spiro atoms. The number of carbonyl (C=O) groups excluding carboxylic acids is 1. The number of thiophene rings is 1. The average molecular weight is 326 g/mol. The fourth-order valence-electron chi connectivity index (χ4n) is 2.09. The van der Waals surface area contributed by atoms with Gasteiger partial charge in [-0.1, -0.05) is 12.7 Å². The number of halogens is 2. The first kappa shape index (κ1) is 16.4. The van der Waals surface area contributed by atoms with Gasteiger partial charge in [0.1, 0.15) is 5.75 Å². The normalized spacial score (nSPS) is 11.5. The molecule has 2 rings (SSSR count). The van der Waals surface area contributed by atoms with Crippen LogP contribution in [0.5, 0.6) is 5.75 Å². The summed E-state index contributed by atoms with van der Waals surface area (Å²) in [6, 6.07) is 4.93. The van der Waals surface area contributed by atoms with E-state index in [4.69, 9.17) is 4.74 Å². The molecule has 0 aliphatic carbocycles. The minimum Gasteiger partial charge on any atom is -0.496 e. The van der Waals surface area contributed by atoms with E-state index < -0.39 is 18.3 Å². The molecule has 2 aromatic rings. The molecule has 0 N–H and O–H groups in total. The van der Waals surface area contributed by atoms with Crippen LogP contribution in [0.2, 0.25) is 0 Å². The molecule has 0 saturated heterocycles. The van der Waals surface area contributed by atoms with Gasteiger partial charge >= 0.3 is 5.97 Å². The second-order valence-electron chi connectivity index (χ2n) is 4.73. The SMILES string of the molecule is C=Cc1cc2cc(C(F)(F)CCC(=O)OC)sc2cc1OC. The highest BCUT2D eigenvalue weighted by Crippen LogP contribution is 2.41. The molecule has 118 valence electrons. The van der Waals surface area contributed by atoms with Gasteiger partial charge in [0.25, 0.3) is 5.92 Å². The number of hydrogen-bond donors (Lipinski definition) is 0. The van der Waals surface area contributed by atoms with E-state index in [1.165, 1.54) is 20.3 Å². The van der Waals surface area contributed by atoms with Crippen LogP contribution in [-0.4, -0.2) is 20.2 Å². The zero-order chi connectivity index (χ0) is 16.3. The van der Waals surface area contributed by atoms with Crippen LogP contribution in [0.4, 0.5) is 8.78 Å². The third kappa shape index (κ3) is 3.27. The molecule has 0 fully saturated rings. The van der Waals surface area contributed by atoms with E-state index in [-0.39, 0.29) is 11.3 Å². The van der Waals surface area contributed by atoms with Crippen LogP contribution in [0.3, 0.4) is 0 Å². The molecule has 0 saturated carbocycles. The van der Waals surface area contributed by atoms with Crippen LogP contribution in [0.25, 0.3) is 16.2 Å². The van der Waals surface area contributed by atoms with Gasteiger partial charge in [-0.25, -0.2) is 8.78 Å². The third-order valence-electron chi connectivity index (χ3n) is 3.32. The van der Waals surface area contributed by atoms with Crippen molar-refractivity contribution in [1.29, 1.82) is 0 Å². The topological polar surface area (TPSA) is 35.5 Å². The Labute approximate surface area is 131 Å². The fraction of sp³-hybridized carbons (Fsp3) is 0.312. The maximum absolute atomic E-state index is 14.2. The van der Waals surface area contributed by atoms with E-state index in [1.807, 2.05) is 0 Å². The minimum atomic E-state index is -3.07. The molecule has 0 amide bonds. The lowest BCUT2D eigenvalue weighted by molar-refractivity contribution is -0.142. The van der Waals surface area contributed by atoms with Crippen molar-refractivity contribution in [3.63, 3.8) is 0 Å². The highest BCUT2D eigenvalue weighted by molar-refractivity contribution is 7.19. The summed E-state index contributed by atoms with van der Waals surface area (Å²) in [6.07, 6.45) is 0.724. The van der Waals surface area contributed by atoms with Gasteiger partial charge in [0.15, 0.2) is 0 Å². The summed E-state index contributed by atoms with van der Waals surface area (Å²) >= 11 is 0.996. The third-order valence-corrected chi connectivity index (χ3v) is 4.53. The molecular formula is C16H16F2O3S. The standard InChI is InChI=1S/C16H16F2O3S/c1-4-10-7-11-8-14(22-13(11)9-12(10)20-2)16(17,18)6-5-15(19)21-3/h4,7-9H,1,5-6H2,2-3H3. The molecule has 6 heteroatoms. The van der Waals surface area contributed by atoms with Crippen molar-refractivity contribution in [2.75, 3.05) is 14.2 Å². The van der Waals surface area contributed by atoms with E-state index in [0.29, 0.717) is 15.8 Å². The van der Waals surface area contributed by atoms with E-state index >= 15 is 0 Å². The Kier molecular flexibility index (Phi) is 4.81. The Balaban J connectivity index is 2.35. The summed E-state index contributed by atoms with van der Waals surface area (Å²) in [5.41, 5.74) is 0.747. The molecule has 22 heavy (non-hydrogen) atoms. The summed E-state index contributed by atoms with van der Waals surface area (Å²) in [6.45, 7) is 3.68. The zero-order valence-corrected chi connectivity index (χ0v) is 13.1. The van der Waals surface area contributed by atoms with Crippen molar-refractivity contribution in [1.82, 2.24) is 0 Å². The first-order valence-electron chi connectivity index (χ1n) is 6.60. The van der Waals surface area contributed by atoms with Crippen molar-refractivity contribution in [3.8, 4) is 5.75 Å². The monoisotopic (exact) mass is 326 g/mol. The quantitative estimate of drug-likeness (QED) is 0.728. The Morgan fingerprint density at radius 3 is 2.68 bits per heavy atom. The molecule has 1 aromatic heterocycles. The zero-order valence-electron chi connectivity index (χ0n) is 12.3. The van der Waals surface area contributed by atoms with Crippen molar-refractivity contribution in [3.05, 3.63) is 35.2 Å². The number of alkyl halides is 2. The summed E-state index contributed by atoms with van der Waals surface area (Å²) in [5, 5.41) is 0.702. The van der Waals surface area contributed by atoms with Gasteiger partial charge in [-0.3, -0.25) is 4.79 Å². The summed E-state index contributed by atoms with van der Waals surface area (Å²) < 4.78 is 38.7. The number of carbonyl (C=O) groups is 1. The van der Waals surface area contributed by atoms with Gasteiger partial charge in [0, 0.05) is 16.7 Å². The van der Waals surface area contributed by atoms with Crippen LogP contribution in [0, 0.1) is 0 Å². The minimum absolute atomic E-state index is 0.0744. The molecule has 1 aromatic carbocycles. The number of ether oxygens (including phenoxy) is 2. The average Bonchev–Trinajstić information content (AvgIpc) is 2.94. The Morgan fingerprint density at radius 1 is 1.36 bits per heavy atom. The molecular weight excluding hydrogens is 310 g/mol. The largest absolute Gasteiger partial charge is 0.496 e. The molecule has 0 atom stereocenters. The maximum atomic E-state index is 14.2. The lowest BCUT2D eigenvalue weighted by Gasteiger charge is -2.13. The number of fused-ring (bicyclic) bond motifs is 1. The molecule has 1 heterocycles. The van der Waals surface area contributed by atoms with Crippen molar-refractivity contribution in [2.45, 2.75) is 18.8 Å². The second-order valence-corrected chi connectivity index (χ2v) is 5.81. The van der Waals surface area contributed by atoms with Gasteiger partial charge in [-0.2, -0.15) is 0 Å². The van der Waals surface area contributed by atoms with Crippen LogP contribution in [0.1, 0.15) is 23.3 Å². The van der Waals surface area contributed by atoms with Gasteiger partial charge < -0.3 is 9.47 Å². The number of rotatable bonds is 6. The lowest BCUT2D eigenvalue weighted by Crippen LogP contribution is -2.14. The number of hydrogen-bond acceptors (Lipinski definition) is 4. The van der Waals surface area contributed by atoms with Crippen LogP contribution < -0.4 is 4.74 Å². The van der Waals surface area contributed by atoms with E-state index in [9.17, 15) is 13.6 Å². The summed E-state index contributed by atoms with van der Waals surface area (Å²) in [4.78, 5) is 11.0. The lowest BCUT2D eigenvalue weighted by atomic mass is 10.1. The van der Waals surface area contributed by atoms with Gasteiger partial charge in [-0.15, -0.1) is 11.3 Å². The summed E-state index contributed by atoms with van der Waals surface area (Å²) in [5.74, 6) is -3.12. The predicted molar refractivity (Wildman–Crippen MR) is 83.6 cm³/mol. The molecule has 0 radical (unpaired) electrons. The first-order valence-corrected chi connectivity index (χ1v) is 7.42.